The molecule has 2 bridgehead atoms. The number of nitrogens with one attached hydrogen (secondary N) is 3. The van der Waals surface area contributed by atoms with E-state index in [2.05, 4.69) is 27.2 Å². The number of carbonyl (C=O) groups is 1. The number of nitrogens with zero attached hydrogens (tertiary/aromatic N) is 2. The van der Waals surface area contributed by atoms with Crippen LogP contribution >= 0.6 is 0 Å². The van der Waals surface area contributed by atoms with Gasteiger partial charge in [0.2, 0.25) is 5.78 Å². The number of anilines is 1. The summed E-state index contributed by atoms with van der Waals surface area (Å²) >= 11 is 0. The molecule has 3 aromatic rings. The number of hydrogen-bond acceptors (Lipinski definition) is 5. The van der Waals surface area contributed by atoms with Gasteiger partial charge in [-0.1, -0.05) is 0 Å². The number of aromatic amines is 2. The lowest BCUT2D eigenvalue weighted by Crippen LogP contribution is -2.45. The molecule has 9 heteroatoms. The molecule has 2 saturated heterocycles. The maximum Gasteiger partial charge on any atom is 0.271 e. The van der Waals surface area contributed by atoms with Gasteiger partial charge in [-0.2, -0.15) is 0 Å². The van der Waals surface area contributed by atoms with E-state index in [1.807, 2.05) is 6.20 Å². The molecule has 3 aliphatic rings. The highest BCUT2D eigenvalue weighted by Gasteiger charge is 2.61. The molecule has 0 unspecified atom stereocenters. The zero-order valence-electron chi connectivity index (χ0n) is 14.5. The predicted octanol–water partition coefficient (Wildman–Crippen LogP) is 0.784. The Morgan fingerprint density at radius 3 is 2.81 bits per heavy atom. The average molecular weight is 367 g/mol. The van der Waals surface area contributed by atoms with Crippen molar-refractivity contribution in [3.05, 3.63) is 62.7 Å². The number of hydrogen-bond donors (Lipinski definition) is 3. The minimum Gasteiger partial charge on any atom is -0.374 e. The number of amides is 1. The average Bonchev–Trinajstić information content (AvgIpc) is 3.26. The summed E-state index contributed by atoms with van der Waals surface area (Å²) in [5.74, 6) is -0.289. The Hall–Kier alpha value is -3.20. The molecular formula is C18H17N5O4. The largest absolute Gasteiger partial charge is 0.374 e. The van der Waals surface area contributed by atoms with Crippen molar-refractivity contribution >= 4 is 17.4 Å². The lowest BCUT2D eigenvalue weighted by atomic mass is 9.62. The van der Waals surface area contributed by atoms with Crippen LogP contribution in [0.15, 0.2) is 40.3 Å². The van der Waals surface area contributed by atoms with Crippen LogP contribution in [0.5, 0.6) is 0 Å². The summed E-state index contributed by atoms with van der Waals surface area (Å²) in [4.78, 5) is 46.2. The maximum absolute atomic E-state index is 12.5. The number of fused-ring (bicyclic) bond motifs is 2. The quantitative estimate of drug-likeness (QED) is 0.632. The van der Waals surface area contributed by atoms with E-state index in [-0.39, 0.29) is 22.3 Å². The number of H-pyrrole nitrogens is 2. The highest BCUT2D eigenvalue weighted by Crippen LogP contribution is 2.58. The normalized spacial score (nSPS) is 26.1. The summed E-state index contributed by atoms with van der Waals surface area (Å²) in [7, 11) is 0. The van der Waals surface area contributed by atoms with Gasteiger partial charge in [-0.25, -0.2) is 4.98 Å². The van der Waals surface area contributed by atoms with Gasteiger partial charge in [-0.15, -0.1) is 0 Å². The van der Waals surface area contributed by atoms with E-state index in [9.17, 15) is 14.4 Å². The predicted molar refractivity (Wildman–Crippen MR) is 96.1 cm³/mol. The van der Waals surface area contributed by atoms with Gasteiger partial charge >= 0.3 is 0 Å². The molecule has 0 spiro atoms. The van der Waals surface area contributed by atoms with Crippen molar-refractivity contribution in [1.82, 2.24) is 19.4 Å². The molecule has 0 aromatic carbocycles. The molecular weight excluding hydrogens is 350 g/mol. The molecule has 2 aliphatic heterocycles. The number of aromatic nitrogens is 4. The van der Waals surface area contributed by atoms with Crippen molar-refractivity contribution < 1.29 is 9.53 Å². The first kappa shape index (κ1) is 16.0. The van der Waals surface area contributed by atoms with Crippen LogP contribution in [0.3, 0.4) is 0 Å². The Labute approximate surface area is 152 Å². The molecule has 5 heterocycles. The molecule has 0 radical (unpaired) electrons. The first-order valence-electron chi connectivity index (χ1n) is 8.63. The number of imidazole rings is 1. The van der Waals surface area contributed by atoms with Gasteiger partial charge < -0.3 is 15.0 Å². The van der Waals surface area contributed by atoms with Crippen molar-refractivity contribution in [1.29, 1.82) is 0 Å². The van der Waals surface area contributed by atoms with Crippen LogP contribution in [-0.2, 0) is 10.2 Å². The highest BCUT2D eigenvalue weighted by atomic mass is 16.5. The third-order valence-corrected chi connectivity index (χ3v) is 5.45. The summed E-state index contributed by atoms with van der Waals surface area (Å²) in [5, 5.41) is 2.46. The van der Waals surface area contributed by atoms with E-state index < -0.39 is 17.0 Å². The number of ether oxygens (including phenoxy) is 1. The fraction of sp³-hybridized carbons (Fsp3) is 0.333. The Balaban J connectivity index is 1.50. The Kier molecular flexibility index (Phi) is 3.06. The minimum absolute atomic E-state index is 0.0724. The van der Waals surface area contributed by atoms with Crippen LogP contribution in [0.1, 0.15) is 35.8 Å². The first-order chi connectivity index (χ1) is 12.9. The molecule has 1 aliphatic carbocycles. The summed E-state index contributed by atoms with van der Waals surface area (Å²) in [6.07, 6.45) is 6.52. The van der Waals surface area contributed by atoms with Gasteiger partial charge in [-0.3, -0.25) is 23.8 Å². The third kappa shape index (κ3) is 2.35. The van der Waals surface area contributed by atoms with E-state index in [0.29, 0.717) is 12.4 Å². The second-order valence-corrected chi connectivity index (χ2v) is 7.59. The van der Waals surface area contributed by atoms with Gasteiger partial charge in [-0.05, 0) is 31.9 Å². The van der Waals surface area contributed by atoms with Crippen LogP contribution < -0.4 is 16.4 Å². The van der Waals surface area contributed by atoms with Crippen LogP contribution in [-0.4, -0.2) is 37.5 Å². The van der Waals surface area contributed by atoms with Crippen LogP contribution in [0.25, 0.3) is 5.78 Å². The van der Waals surface area contributed by atoms with E-state index in [0.717, 1.165) is 18.5 Å². The summed E-state index contributed by atoms with van der Waals surface area (Å²) in [6.45, 7) is 2.70. The van der Waals surface area contributed by atoms with Crippen molar-refractivity contribution in [3.8, 4) is 0 Å². The molecule has 0 atom stereocenters. The summed E-state index contributed by atoms with van der Waals surface area (Å²) in [5.41, 5.74) is -0.374. The molecule has 27 heavy (non-hydrogen) atoms. The van der Waals surface area contributed by atoms with E-state index in [1.165, 1.54) is 18.5 Å². The van der Waals surface area contributed by atoms with Gasteiger partial charge in [0.1, 0.15) is 11.3 Å². The SMILES string of the molecule is CC12CC(c3cn4cc(C(=O)Nc5ccc[nH]c5=O)c(=O)[nH]c4n3)(CO1)C2. The standard InChI is InChI=1S/C18H17N5O4/c1-17-7-18(8-17,9-27-17)12-6-23-5-10(14(25)22-16(23)21-12)13(24)20-11-3-2-4-19-15(11)26/h2-6H,7-9H2,1H3,(H,19,26)(H,20,24)(H,21,22,25). The summed E-state index contributed by atoms with van der Waals surface area (Å²) in [6, 6.07) is 3.05. The van der Waals surface area contributed by atoms with Crippen molar-refractivity contribution in [3.63, 3.8) is 0 Å². The smallest absolute Gasteiger partial charge is 0.271 e. The molecule has 9 nitrogen and oxygen atoms in total. The molecule has 138 valence electrons. The summed E-state index contributed by atoms with van der Waals surface area (Å²) < 4.78 is 7.44. The molecule has 3 aromatic heterocycles. The highest BCUT2D eigenvalue weighted by molar-refractivity contribution is 6.03. The maximum atomic E-state index is 12.5. The van der Waals surface area contributed by atoms with Gasteiger partial charge in [0.25, 0.3) is 17.0 Å². The van der Waals surface area contributed by atoms with E-state index in [4.69, 9.17) is 4.74 Å². The molecule has 6 rings (SSSR count). The fourth-order valence-corrected chi connectivity index (χ4v) is 4.23. The van der Waals surface area contributed by atoms with Gasteiger partial charge in [0.15, 0.2) is 0 Å². The first-order valence-corrected chi connectivity index (χ1v) is 8.63. The topological polar surface area (TPSA) is 121 Å². The number of rotatable bonds is 3. The zero-order chi connectivity index (χ0) is 18.8. The zero-order valence-corrected chi connectivity index (χ0v) is 14.5. The van der Waals surface area contributed by atoms with Crippen molar-refractivity contribution in [2.45, 2.75) is 30.8 Å². The molecule has 3 N–H and O–H groups in total. The Morgan fingerprint density at radius 1 is 1.30 bits per heavy atom. The van der Waals surface area contributed by atoms with Crippen LogP contribution in [0, 0.1) is 0 Å². The van der Waals surface area contributed by atoms with Crippen molar-refractivity contribution in [2.24, 2.45) is 0 Å². The number of carbonyl (C=O) groups excluding carboxylic acids is 1. The lowest BCUT2D eigenvalue weighted by Gasteiger charge is -2.41. The van der Waals surface area contributed by atoms with Crippen LogP contribution in [0.2, 0.25) is 0 Å². The lowest BCUT2D eigenvalue weighted by molar-refractivity contribution is 0.0154. The fourth-order valence-electron chi connectivity index (χ4n) is 4.23. The molecule has 3 fully saturated rings. The third-order valence-electron chi connectivity index (χ3n) is 5.45. The Bertz CT molecular complexity index is 1200. The van der Waals surface area contributed by atoms with E-state index >= 15 is 0 Å². The number of pyridine rings is 1. The second-order valence-electron chi connectivity index (χ2n) is 7.59. The monoisotopic (exact) mass is 367 g/mol. The van der Waals surface area contributed by atoms with Gasteiger partial charge in [0.05, 0.1) is 17.9 Å². The molecule has 1 amide bonds. The second kappa shape index (κ2) is 5.17. The minimum atomic E-state index is -0.663. The Morgan fingerprint density at radius 2 is 2.11 bits per heavy atom. The molecule has 1 saturated carbocycles. The van der Waals surface area contributed by atoms with Crippen LogP contribution in [0.4, 0.5) is 5.69 Å². The van der Waals surface area contributed by atoms with E-state index in [1.54, 1.807) is 10.5 Å². The van der Waals surface area contributed by atoms with Crippen molar-refractivity contribution in [2.75, 3.05) is 11.9 Å². The van der Waals surface area contributed by atoms with Gasteiger partial charge in [0, 0.05) is 24.0 Å².